The Hall–Kier alpha value is -1.32. The van der Waals surface area contributed by atoms with Crippen LogP contribution >= 0.6 is 0 Å². The summed E-state index contributed by atoms with van der Waals surface area (Å²) in [5.74, 6) is -0.762. The molecule has 0 amide bonds. The molecule has 4 nitrogen and oxygen atoms in total. The fourth-order valence-corrected chi connectivity index (χ4v) is 1.72. The maximum atomic E-state index is 10.8. The van der Waals surface area contributed by atoms with E-state index in [1.165, 1.54) is 0 Å². The molecule has 15 heavy (non-hydrogen) atoms. The number of carboxylic acids is 1. The van der Waals surface area contributed by atoms with Gasteiger partial charge in [0.25, 0.3) is 0 Å². The molecule has 0 saturated heterocycles. The third kappa shape index (κ3) is 3.08. The summed E-state index contributed by atoms with van der Waals surface area (Å²) in [5, 5.41) is 13.0. The van der Waals surface area contributed by atoms with E-state index in [0.717, 1.165) is 5.56 Å². The maximum absolute atomic E-state index is 10.8. The molecule has 1 aromatic heterocycles. The van der Waals surface area contributed by atoms with Crippen molar-refractivity contribution in [2.24, 2.45) is 12.5 Å². The average molecular weight is 210 g/mol. The molecule has 1 rings (SSSR count). The molecule has 1 aromatic rings. The zero-order valence-electron chi connectivity index (χ0n) is 9.69. The highest BCUT2D eigenvalue weighted by Gasteiger charge is 2.29. The number of rotatable bonds is 3. The van der Waals surface area contributed by atoms with Crippen molar-refractivity contribution in [3.63, 3.8) is 0 Å². The van der Waals surface area contributed by atoms with Crippen LogP contribution in [0.2, 0.25) is 0 Å². The van der Waals surface area contributed by atoms with Gasteiger partial charge in [-0.25, -0.2) is 0 Å². The van der Waals surface area contributed by atoms with E-state index in [1.807, 2.05) is 34.0 Å². The smallest absolute Gasteiger partial charge is 0.303 e. The molecule has 1 N–H and O–H groups in total. The largest absolute Gasteiger partial charge is 0.481 e. The van der Waals surface area contributed by atoms with Gasteiger partial charge in [0.2, 0.25) is 0 Å². The summed E-state index contributed by atoms with van der Waals surface area (Å²) in [7, 11) is 1.84. The molecule has 0 aliphatic rings. The van der Waals surface area contributed by atoms with Crippen molar-refractivity contribution in [1.82, 2.24) is 9.78 Å². The summed E-state index contributed by atoms with van der Waals surface area (Å²) >= 11 is 0. The number of nitrogens with zero attached hydrogens (tertiary/aromatic N) is 2. The monoisotopic (exact) mass is 210 g/mol. The second-order valence-corrected chi connectivity index (χ2v) is 4.96. The molecule has 1 atom stereocenters. The SMILES string of the molecule is Cn1cc(C(CC(=O)O)C(C)(C)C)cn1. The zero-order chi connectivity index (χ0) is 11.6. The Morgan fingerprint density at radius 3 is 2.53 bits per heavy atom. The van der Waals surface area contributed by atoms with Crippen LogP contribution in [0.25, 0.3) is 0 Å². The Balaban J connectivity index is 2.96. The lowest BCUT2D eigenvalue weighted by atomic mass is 9.75. The molecule has 1 unspecified atom stereocenters. The standard InChI is InChI=1S/C11H18N2O2/c1-11(2,3)9(5-10(14)15)8-6-12-13(4)7-8/h6-7,9H,5H2,1-4H3,(H,14,15). The molecular formula is C11H18N2O2. The molecule has 0 aliphatic carbocycles. The lowest BCUT2D eigenvalue weighted by Crippen LogP contribution is -2.21. The van der Waals surface area contributed by atoms with Gasteiger partial charge in [0.1, 0.15) is 0 Å². The van der Waals surface area contributed by atoms with Crippen LogP contribution in [0, 0.1) is 5.41 Å². The molecule has 4 heteroatoms. The van der Waals surface area contributed by atoms with Crippen LogP contribution in [0.4, 0.5) is 0 Å². The van der Waals surface area contributed by atoms with E-state index >= 15 is 0 Å². The van der Waals surface area contributed by atoms with Crippen molar-refractivity contribution < 1.29 is 9.90 Å². The number of aryl methyl sites for hydroxylation is 1. The first-order valence-electron chi connectivity index (χ1n) is 5.01. The highest BCUT2D eigenvalue weighted by Crippen LogP contribution is 2.37. The van der Waals surface area contributed by atoms with Gasteiger partial charge in [0.05, 0.1) is 12.6 Å². The summed E-state index contributed by atoms with van der Waals surface area (Å²) in [6.45, 7) is 6.15. The van der Waals surface area contributed by atoms with Crippen molar-refractivity contribution in [2.45, 2.75) is 33.1 Å². The summed E-state index contributed by atoms with van der Waals surface area (Å²) < 4.78 is 1.70. The van der Waals surface area contributed by atoms with Crippen molar-refractivity contribution >= 4 is 5.97 Å². The van der Waals surface area contributed by atoms with E-state index in [-0.39, 0.29) is 17.8 Å². The van der Waals surface area contributed by atoms with E-state index < -0.39 is 5.97 Å². The molecule has 0 aromatic carbocycles. The molecule has 0 bridgehead atoms. The van der Waals surface area contributed by atoms with Crippen LogP contribution in [0.15, 0.2) is 12.4 Å². The van der Waals surface area contributed by atoms with Gasteiger partial charge in [-0.3, -0.25) is 9.48 Å². The first-order valence-corrected chi connectivity index (χ1v) is 5.01. The molecule has 0 spiro atoms. The molecule has 0 saturated carbocycles. The Labute approximate surface area is 89.9 Å². The van der Waals surface area contributed by atoms with Gasteiger partial charge in [0, 0.05) is 19.2 Å². The number of carboxylic acid groups (broad SMARTS) is 1. The Bertz CT molecular complexity index is 350. The van der Waals surface area contributed by atoms with Gasteiger partial charge < -0.3 is 5.11 Å². The molecule has 0 aliphatic heterocycles. The van der Waals surface area contributed by atoms with Gasteiger partial charge in [-0.2, -0.15) is 5.10 Å². The highest BCUT2D eigenvalue weighted by molar-refractivity contribution is 5.68. The van der Waals surface area contributed by atoms with Crippen molar-refractivity contribution in [1.29, 1.82) is 0 Å². The molecule has 1 heterocycles. The number of aliphatic carboxylic acids is 1. The van der Waals surface area contributed by atoms with Gasteiger partial charge in [-0.15, -0.1) is 0 Å². The maximum Gasteiger partial charge on any atom is 0.303 e. The lowest BCUT2D eigenvalue weighted by Gasteiger charge is -2.28. The third-order valence-corrected chi connectivity index (χ3v) is 2.55. The van der Waals surface area contributed by atoms with Crippen LogP contribution < -0.4 is 0 Å². The minimum Gasteiger partial charge on any atom is -0.481 e. The molecule has 0 radical (unpaired) electrons. The van der Waals surface area contributed by atoms with E-state index in [9.17, 15) is 4.79 Å². The van der Waals surface area contributed by atoms with E-state index in [0.29, 0.717) is 0 Å². The summed E-state index contributed by atoms with van der Waals surface area (Å²) in [6, 6.07) is 0. The van der Waals surface area contributed by atoms with Crippen LogP contribution in [-0.2, 0) is 11.8 Å². The summed E-state index contributed by atoms with van der Waals surface area (Å²) in [6.07, 6.45) is 3.78. The predicted molar refractivity (Wildman–Crippen MR) is 57.7 cm³/mol. The van der Waals surface area contributed by atoms with Crippen LogP contribution in [0.3, 0.4) is 0 Å². The third-order valence-electron chi connectivity index (χ3n) is 2.55. The Morgan fingerprint density at radius 1 is 1.60 bits per heavy atom. The van der Waals surface area contributed by atoms with Crippen molar-refractivity contribution in [3.05, 3.63) is 18.0 Å². The quantitative estimate of drug-likeness (QED) is 0.830. The second kappa shape index (κ2) is 4.04. The lowest BCUT2D eigenvalue weighted by molar-refractivity contribution is -0.138. The Morgan fingerprint density at radius 2 is 2.20 bits per heavy atom. The van der Waals surface area contributed by atoms with Crippen molar-refractivity contribution in [2.75, 3.05) is 0 Å². The van der Waals surface area contributed by atoms with Crippen LogP contribution in [-0.4, -0.2) is 20.9 Å². The second-order valence-electron chi connectivity index (χ2n) is 4.96. The fourth-order valence-electron chi connectivity index (χ4n) is 1.72. The zero-order valence-corrected chi connectivity index (χ0v) is 9.69. The van der Waals surface area contributed by atoms with Crippen LogP contribution in [0.5, 0.6) is 0 Å². The first kappa shape index (κ1) is 11.8. The van der Waals surface area contributed by atoms with E-state index in [2.05, 4.69) is 5.10 Å². The van der Waals surface area contributed by atoms with E-state index in [1.54, 1.807) is 10.9 Å². The minimum absolute atomic E-state index is 0.00343. The number of hydrogen-bond donors (Lipinski definition) is 1. The number of hydrogen-bond acceptors (Lipinski definition) is 2. The highest BCUT2D eigenvalue weighted by atomic mass is 16.4. The summed E-state index contributed by atoms with van der Waals surface area (Å²) in [5.41, 5.74) is 0.925. The topological polar surface area (TPSA) is 55.1 Å². The minimum atomic E-state index is -0.765. The molecule has 0 fully saturated rings. The number of aromatic nitrogens is 2. The van der Waals surface area contributed by atoms with Gasteiger partial charge in [-0.05, 0) is 11.0 Å². The van der Waals surface area contributed by atoms with E-state index in [4.69, 9.17) is 5.11 Å². The summed E-state index contributed by atoms with van der Waals surface area (Å²) in [4.78, 5) is 10.8. The first-order chi connectivity index (χ1) is 6.80. The number of carbonyl (C=O) groups is 1. The normalized spacial score (nSPS) is 13.9. The van der Waals surface area contributed by atoms with Gasteiger partial charge >= 0.3 is 5.97 Å². The fraction of sp³-hybridized carbons (Fsp3) is 0.636. The molecule has 84 valence electrons. The van der Waals surface area contributed by atoms with Crippen LogP contribution in [0.1, 0.15) is 38.7 Å². The van der Waals surface area contributed by atoms with Gasteiger partial charge in [-0.1, -0.05) is 20.8 Å². The average Bonchev–Trinajstić information content (AvgIpc) is 2.45. The van der Waals surface area contributed by atoms with Gasteiger partial charge in [0.15, 0.2) is 0 Å². The predicted octanol–water partition coefficient (Wildman–Crippen LogP) is 2.02. The Kier molecular flexibility index (Phi) is 3.17. The molecular weight excluding hydrogens is 192 g/mol. The van der Waals surface area contributed by atoms with Crippen molar-refractivity contribution in [3.8, 4) is 0 Å².